The summed E-state index contributed by atoms with van der Waals surface area (Å²) in [5, 5.41) is 3.20. The van der Waals surface area contributed by atoms with Crippen LogP contribution in [0.15, 0.2) is 18.2 Å². The maximum atomic E-state index is 11.5. The van der Waals surface area contributed by atoms with Crippen molar-refractivity contribution in [1.82, 2.24) is 0 Å². The lowest BCUT2D eigenvalue weighted by atomic mass is 10.1. The molecule has 0 saturated carbocycles. The number of rotatable bonds is 6. The number of carbonyl (C=O) groups excluding carboxylic acids is 1. The molecule has 0 heterocycles. The molecule has 0 bridgehead atoms. The average molecular weight is 254 g/mol. The fraction of sp³-hybridized carbons (Fsp3) is 0.417. The first-order chi connectivity index (χ1) is 8.19. The van der Waals surface area contributed by atoms with Gasteiger partial charge in [0.15, 0.2) is 0 Å². The third kappa shape index (κ3) is 4.19. The van der Waals surface area contributed by atoms with Crippen LogP contribution < -0.4 is 11.1 Å². The Morgan fingerprint density at radius 2 is 2.29 bits per heavy atom. The average Bonchev–Trinajstić information content (AvgIpc) is 2.32. The van der Waals surface area contributed by atoms with Crippen LogP contribution in [0.2, 0.25) is 0 Å². The van der Waals surface area contributed by atoms with Crippen molar-refractivity contribution in [2.24, 2.45) is 0 Å². The lowest BCUT2D eigenvalue weighted by molar-refractivity contribution is 0.0526. The van der Waals surface area contributed by atoms with Crippen molar-refractivity contribution < 1.29 is 9.53 Å². The number of ether oxygens (including phenoxy) is 1. The van der Waals surface area contributed by atoms with Crippen molar-refractivity contribution in [2.45, 2.75) is 6.92 Å². The van der Waals surface area contributed by atoms with Crippen molar-refractivity contribution in [1.29, 1.82) is 0 Å². The minimum absolute atomic E-state index is 0.319. The highest BCUT2D eigenvalue weighted by Crippen LogP contribution is 2.20. The molecule has 0 unspecified atom stereocenters. The predicted octanol–water partition coefficient (Wildman–Crippen LogP) is 2.22. The van der Waals surface area contributed by atoms with E-state index in [0.717, 1.165) is 18.0 Å². The van der Waals surface area contributed by atoms with Gasteiger partial charge in [-0.05, 0) is 31.4 Å². The molecule has 1 aromatic rings. The molecule has 5 heteroatoms. The smallest absolute Gasteiger partial charge is 0.338 e. The summed E-state index contributed by atoms with van der Waals surface area (Å²) in [5.41, 5.74) is 7.77. The Labute approximate surface area is 106 Å². The van der Waals surface area contributed by atoms with Crippen molar-refractivity contribution >= 4 is 29.1 Å². The van der Waals surface area contributed by atoms with E-state index in [1.54, 1.807) is 36.9 Å². The van der Waals surface area contributed by atoms with Gasteiger partial charge in [-0.15, -0.1) is 0 Å². The number of esters is 1. The number of anilines is 2. The molecule has 17 heavy (non-hydrogen) atoms. The quantitative estimate of drug-likeness (QED) is 0.463. The lowest BCUT2D eigenvalue weighted by Crippen LogP contribution is -2.09. The van der Waals surface area contributed by atoms with Gasteiger partial charge in [0.1, 0.15) is 0 Å². The van der Waals surface area contributed by atoms with Gasteiger partial charge in [-0.3, -0.25) is 0 Å². The summed E-state index contributed by atoms with van der Waals surface area (Å²) in [7, 11) is 0. The second kappa shape index (κ2) is 7.06. The van der Waals surface area contributed by atoms with E-state index < -0.39 is 0 Å². The van der Waals surface area contributed by atoms with E-state index in [1.807, 2.05) is 6.26 Å². The molecule has 0 aliphatic carbocycles. The van der Waals surface area contributed by atoms with Gasteiger partial charge in [-0.25, -0.2) is 4.79 Å². The van der Waals surface area contributed by atoms with Crippen LogP contribution in [0.4, 0.5) is 11.4 Å². The molecule has 0 aliphatic rings. The Morgan fingerprint density at radius 3 is 2.94 bits per heavy atom. The summed E-state index contributed by atoms with van der Waals surface area (Å²) in [5.74, 6) is 0.670. The summed E-state index contributed by atoms with van der Waals surface area (Å²) < 4.78 is 4.94. The van der Waals surface area contributed by atoms with Crippen LogP contribution in [-0.2, 0) is 4.74 Å². The normalized spacial score (nSPS) is 10.0. The number of carbonyl (C=O) groups is 1. The van der Waals surface area contributed by atoms with Crippen LogP contribution in [0, 0.1) is 0 Å². The topological polar surface area (TPSA) is 64.3 Å². The second-order valence-electron chi connectivity index (χ2n) is 3.44. The second-order valence-corrected chi connectivity index (χ2v) is 4.43. The first-order valence-electron chi connectivity index (χ1n) is 5.48. The summed E-state index contributed by atoms with van der Waals surface area (Å²) in [6.45, 7) is 2.98. The zero-order valence-corrected chi connectivity index (χ0v) is 11.0. The Bertz CT molecular complexity index is 383. The Morgan fingerprint density at radius 1 is 1.53 bits per heavy atom. The van der Waals surface area contributed by atoms with E-state index in [-0.39, 0.29) is 5.97 Å². The first kappa shape index (κ1) is 13.7. The van der Waals surface area contributed by atoms with Gasteiger partial charge < -0.3 is 15.8 Å². The van der Waals surface area contributed by atoms with E-state index in [4.69, 9.17) is 10.5 Å². The van der Waals surface area contributed by atoms with Gasteiger partial charge in [0.05, 0.1) is 23.5 Å². The van der Waals surface area contributed by atoms with Crippen molar-refractivity contribution in [3.05, 3.63) is 23.8 Å². The Balaban J connectivity index is 2.75. The van der Waals surface area contributed by atoms with Crippen molar-refractivity contribution in [3.63, 3.8) is 0 Å². The van der Waals surface area contributed by atoms with Crippen LogP contribution in [0.1, 0.15) is 17.3 Å². The van der Waals surface area contributed by atoms with Crippen molar-refractivity contribution in [2.75, 3.05) is 36.2 Å². The van der Waals surface area contributed by atoms with E-state index in [2.05, 4.69) is 5.32 Å². The van der Waals surface area contributed by atoms with E-state index in [0.29, 0.717) is 17.9 Å². The van der Waals surface area contributed by atoms with Crippen LogP contribution in [-0.4, -0.2) is 31.1 Å². The molecule has 0 spiro atoms. The molecule has 0 amide bonds. The minimum Gasteiger partial charge on any atom is -0.462 e. The molecule has 94 valence electrons. The molecular formula is C12H18N2O2S. The predicted molar refractivity (Wildman–Crippen MR) is 73.7 cm³/mol. The molecule has 0 radical (unpaired) electrons. The fourth-order valence-corrected chi connectivity index (χ4v) is 1.64. The Kier molecular flexibility index (Phi) is 5.69. The number of hydrogen-bond donors (Lipinski definition) is 2. The minimum atomic E-state index is -0.319. The molecule has 1 aromatic carbocycles. The van der Waals surface area contributed by atoms with Gasteiger partial charge in [0, 0.05) is 12.3 Å². The SMILES string of the molecule is CCOC(=O)c1ccc(N)c(NCCSC)c1. The maximum absolute atomic E-state index is 11.5. The maximum Gasteiger partial charge on any atom is 0.338 e. The number of nitrogens with two attached hydrogens (primary N) is 1. The van der Waals surface area contributed by atoms with Gasteiger partial charge >= 0.3 is 5.97 Å². The highest BCUT2D eigenvalue weighted by Gasteiger charge is 2.08. The third-order valence-corrected chi connectivity index (χ3v) is 2.80. The standard InChI is InChI=1S/C12H18N2O2S/c1-3-16-12(15)9-4-5-10(13)11(8-9)14-6-7-17-2/h4-5,8,14H,3,6-7,13H2,1-2H3. The van der Waals surface area contributed by atoms with E-state index in [1.165, 1.54) is 0 Å². The van der Waals surface area contributed by atoms with E-state index in [9.17, 15) is 4.79 Å². The fourth-order valence-electron chi connectivity index (χ4n) is 1.34. The summed E-state index contributed by atoms with van der Waals surface area (Å²) in [6, 6.07) is 5.12. The molecule has 4 nitrogen and oxygen atoms in total. The van der Waals surface area contributed by atoms with Gasteiger partial charge in [-0.1, -0.05) is 0 Å². The number of nitrogen functional groups attached to an aromatic ring is 1. The number of benzene rings is 1. The van der Waals surface area contributed by atoms with Gasteiger partial charge in [0.2, 0.25) is 0 Å². The number of hydrogen-bond acceptors (Lipinski definition) is 5. The third-order valence-electron chi connectivity index (χ3n) is 2.19. The molecule has 0 aromatic heterocycles. The molecule has 0 fully saturated rings. The highest BCUT2D eigenvalue weighted by atomic mass is 32.2. The Hall–Kier alpha value is -1.36. The van der Waals surface area contributed by atoms with Crippen LogP contribution >= 0.6 is 11.8 Å². The molecule has 0 saturated heterocycles. The first-order valence-corrected chi connectivity index (χ1v) is 6.88. The molecule has 3 N–H and O–H groups in total. The zero-order chi connectivity index (χ0) is 12.7. The number of nitrogens with one attached hydrogen (secondary N) is 1. The summed E-state index contributed by atoms with van der Waals surface area (Å²) >= 11 is 1.75. The molecular weight excluding hydrogens is 236 g/mol. The monoisotopic (exact) mass is 254 g/mol. The zero-order valence-electron chi connectivity index (χ0n) is 10.2. The largest absolute Gasteiger partial charge is 0.462 e. The van der Waals surface area contributed by atoms with Crippen LogP contribution in [0.5, 0.6) is 0 Å². The van der Waals surface area contributed by atoms with Gasteiger partial charge in [0.25, 0.3) is 0 Å². The molecule has 0 aliphatic heterocycles. The lowest BCUT2D eigenvalue weighted by Gasteiger charge is -2.10. The van der Waals surface area contributed by atoms with Gasteiger partial charge in [-0.2, -0.15) is 11.8 Å². The highest BCUT2D eigenvalue weighted by molar-refractivity contribution is 7.98. The summed E-state index contributed by atoms with van der Waals surface area (Å²) in [6.07, 6.45) is 2.04. The molecule has 0 atom stereocenters. The number of thioether (sulfide) groups is 1. The summed E-state index contributed by atoms with van der Waals surface area (Å²) in [4.78, 5) is 11.5. The van der Waals surface area contributed by atoms with Crippen LogP contribution in [0.25, 0.3) is 0 Å². The van der Waals surface area contributed by atoms with Crippen molar-refractivity contribution in [3.8, 4) is 0 Å². The van der Waals surface area contributed by atoms with Crippen LogP contribution in [0.3, 0.4) is 0 Å². The molecule has 1 rings (SSSR count). The van der Waals surface area contributed by atoms with E-state index >= 15 is 0 Å².